The molecule has 1 saturated carbocycles. The van der Waals surface area contributed by atoms with Gasteiger partial charge in [-0.15, -0.1) is 24.0 Å². The molecule has 0 bridgehead atoms. The number of halogens is 1. The highest BCUT2D eigenvalue weighted by Crippen LogP contribution is 2.28. The molecular formula is C15H30IN3O. The van der Waals surface area contributed by atoms with E-state index in [0.717, 1.165) is 57.6 Å². The summed E-state index contributed by atoms with van der Waals surface area (Å²) in [5, 5.41) is 6.57. The largest absolute Gasteiger partial charge is 0.381 e. The summed E-state index contributed by atoms with van der Waals surface area (Å²) < 4.78 is 5.59. The third-order valence-electron chi connectivity index (χ3n) is 2.95. The Bertz CT molecular complexity index is 278. The smallest absolute Gasteiger partial charge is 0.191 e. The van der Waals surface area contributed by atoms with E-state index in [9.17, 15) is 0 Å². The van der Waals surface area contributed by atoms with Crippen LogP contribution in [0.25, 0.3) is 0 Å². The summed E-state index contributed by atoms with van der Waals surface area (Å²) >= 11 is 0. The topological polar surface area (TPSA) is 45.7 Å². The Morgan fingerprint density at radius 1 is 1.35 bits per heavy atom. The summed E-state index contributed by atoms with van der Waals surface area (Å²) in [6, 6.07) is 0. The molecule has 0 heterocycles. The fraction of sp³-hybridized carbons (Fsp3) is 0.800. The molecule has 20 heavy (non-hydrogen) atoms. The quantitative estimate of drug-likeness (QED) is 0.197. The second kappa shape index (κ2) is 13.7. The number of aliphatic imine (C=N–C) groups is 1. The monoisotopic (exact) mass is 395 g/mol. The van der Waals surface area contributed by atoms with Gasteiger partial charge in [-0.2, -0.15) is 0 Å². The highest BCUT2D eigenvalue weighted by atomic mass is 127. The molecule has 0 amide bonds. The van der Waals surface area contributed by atoms with Crippen LogP contribution in [0.1, 0.15) is 39.5 Å². The van der Waals surface area contributed by atoms with Gasteiger partial charge in [0.2, 0.25) is 0 Å². The van der Waals surface area contributed by atoms with E-state index < -0.39 is 0 Å². The third-order valence-corrected chi connectivity index (χ3v) is 2.95. The van der Waals surface area contributed by atoms with Crippen LogP contribution in [0.3, 0.4) is 0 Å². The minimum atomic E-state index is 0. The second-order valence-electron chi connectivity index (χ2n) is 4.92. The molecule has 0 spiro atoms. The van der Waals surface area contributed by atoms with Crippen molar-refractivity contribution in [3.8, 4) is 0 Å². The minimum Gasteiger partial charge on any atom is -0.381 e. The number of hydrogen-bond acceptors (Lipinski definition) is 2. The van der Waals surface area contributed by atoms with Crippen molar-refractivity contribution in [2.75, 3.05) is 32.8 Å². The van der Waals surface area contributed by atoms with Crippen LogP contribution in [0.5, 0.6) is 0 Å². The van der Waals surface area contributed by atoms with Gasteiger partial charge in [-0.05, 0) is 45.4 Å². The van der Waals surface area contributed by atoms with Gasteiger partial charge in [-0.3, -0.25) is 4.99 Å². The number of allylic oxidation sites excluding steroid dienone is 1. The van der Waals surface area contributed by atoms with Crippen LogP contribution in [0.4, 0.5) is 0 Å². The molecule has 118 valence electrons. The maximum Gasteiger partial charge on any atom is 0.191 e. The van der Waals surface area contributed by atoms with E-state index in [1.807, 2.05) is 6.92 Å². The van der Waals surface area contributed by atoms with Gasteiger partial charge in [0.25, 0.3) is 0 Å². The fourth-order valence-corrected chi connectivity index (χ4v) is 1.67. The van der Waals surface area contributed by atoms with E-state index in [1.54, 1.807) is 0 Å². The van der Waals surface area contributed by atoms with Crippen molar-refractivity contribution < 1.29 is 4.74 Å². The van der Waals surface area contributed by atoms with Gasteiger partial charge >= 0.3 is 0 Å². The molecule has 0 radical (unpaired) electrons. The summed E-state index contributed by atoms with van der Waals surface area (Å²) in [5.74, 6) is 1.77. The number of ether oxygens (including phenoxy) is 1. The van der Waals surface area contributed by atoms with Gasteiger partial charge in [0.05, 0.1) is 0 Å². The predicted molar refractivity (Wildman–Crippen MR) is 97.0 cm³/mol. The molecule has 0 atom stereocenters. The first-order chi connectivity index (χ1) is 9.36. The standard InChI is InChI=1S/C15H29N3O.HI/c1-3-5-6-10-17-15(16-4-2)18-11-7-12-19-13-14-8-9-14;/h3,5,14H,4,6-13H2,1-2H3,(H2,16,17,18);1H. The van der Waals surface area contributed by atoms with Crippen LogP contribution in [0, 0.1) is 5.92 Å². The van der Waals surface area contributed by atoms with Gasteiger partial charge in [-0.25, -0.2) is 0 Å². The zero-order valence-corrected chi connectivity index (χ0v) is 15.2. The third kappa shape index (κ3) is 11.5. The maximum absolute atomic E-state index is 5.59. The van der Waals surface area contributed by atoms with Crippen LogP contribution in [0.2, 0.25) is 0 Å². The molecular weight excluding hydrogens is 365 g/mol. The number of nitrogens with one attached hydrogen (secondary N) is 2. The van der Waals surface area contributed by atoms with Crippen molar-refractivity contribution >= 4 is 29.9 Å². The van der Waals surface area contributed by atoms with E-state index in [-0.39, 0.29) is 24.0 Å². The molecule has 0 aromatic carbocycles. The van der Waals surface area contributed by atoms with Crippen LogP contribution < -0.4 is 10.6 Å². The van der Waals surface area contributed by atoms with Crippen molar-refractivity contribution in [1.82, 2.24) is 10.6 Å². The van der Waals surface area contributed by atoms with E-state index >= 15 is 0 Å². The van der Waals surface area contributed by atoms with Crippen LogP contribution >= 0.6 is 24.0 Å². The first-order valence-electron chi connectivity index (χ1n) is 7.58. The van der Waals surface area contributed by atoms with Gasteiger partial charge in [0.1, 0.15) is 0 Å². The van der Waals surface area contributed by atoms with Crippen molar-refractivity contribution in [2.24, 2.45) is 10.9 Å². The van der Waals surface area contributed by atoms with Gasteiger partial charge in [0.15, 0.2) is 5.96 Å². The number of nitrogens with zero attached hydrogens (tertiary/aromatic N) is 1. The second-order valence-corrected chi connectivity index (χ2v) is 4.92. The predicted octanol–water partition coefficient (Wildman–Crippen LogP) is 2.94. The summed E-state index contributed by atoms with van der Waals surface area (Å²) in [5.41, 5.74) is 0. The Hall–Kier alpha value is -0.300. The summed E-state index contributed by atoms with van der Waals surface area (Å²) in [6.07, 6.45) is 8.98. The Labute approximate surface area is 140 Å². The summed E-state index contributed by atoms with van der Waals surface area (Å²) in [4.78, 5) is 4.53. The molecule has 0 saturated heterocycles. The minimum absolute atomic E-state index is 0. The Morgan fingerprint density at radius 3 is 2.80 bits per heavy atom. The van der Waals surface area contributed by atoms with Gasteiger partial charge in [-0.1, -0.05) is 12.2 Å². The lowest BCUT2D eigenvalue weighted by atomic mass is 10.4. The van der Waals surface area contributed by atoms with Crippen molar-refractivity contribution in [3.05, 3.63) is 12.2 Å². The highest BCUT2D eigenvalue weighted by molar-refractivity contribution is 14.0. The fourth-order valence-electron chi connectivity index (χ4n) is 1.67. The lowest BCUT2D eigenvalue weighted by Crippen LogP contribution is -2.37. The number of hydrogen-bond donors (Lipinski definition) is 2. The number of rotatable bonds is 10. The summed E-state index contributed by atoms with van der Waals surface area (Å²) in [6.45, 7) is 8.55. The Kier molecular flexibility index (Phi) is 13.5. The SMILES string of the molecule is CC=CCCNC(=NCCCOCC1CC1)NCC.I. The highest BCUT2D eigenvalue weighted by Gasteiger charge is 2.20. The molecule has 2 N–H and O–H groups in total. The van der Waals surface area contributed by atoms with Gasteiger partial charge in [0, 0.05) is 32.8 Å². The molecule has 4 nitrogen and oxygen atoms in total. The van der Waals surface area contributed by atoms with E-state index in [4.69, 9.17) is 4.74 Å². The molecule has 1 rings (SSSR count). The molecule has 0 aromatic heterocycles. The lowest BCUT2D eigenvalue weighted by Gasteiger charge is -2.10. The Morgan fingerprint density at radius 2 is 2.15 bits per heavy atom. The van der Waals surface area contributed by atoms with Crippen molar-refractivity contribution in [3.63, 3.8) is 0 Å². The molecule has 1 aliphatic rings. The summed E-state index contributed by atoms with van der Waals surface area (Å²) in [7, 11) is 0. The average molecular weight is 395 g/mol. The average Bonchev–Trinajstić information content (AvgIpc) is 3.22. The molecule has 1 fully saturated rings. The van der Waals surface area contributed by atoms with Crippen molar-refractivity contribution in [1.29, 1.82) is 0 Å². The molecule has 1 aliphatic carbocycles. The van der Waals surface area contributed by atoms with Crippen LogP contribution in [-0.4, -0.2) is 38.8 Å². The van der Waals surface area contributed by atoms with E-state index in [0.29, 0.717) is 0 Å². The van der Waals surface area contributed by atoms with Crippen molar-refractivity contribution in [2.45, 2.75) is 39.5 Å². The molecule has 0 aromatic rings. The van der Waals surface area contributed by atoms with Gasteiger partial charge < -0.3 is 15.4 Å². The molecule has 0 unspecified atom stereocenters. The van der Waals surface area contributed by atoms with E-state index in [2.05, 4.69) is 34.7 Å². The van der Waals surface area contributed by atoms with E-state index in [1.165, 1.54) is 12.8 Å². The first kappa shape index (κ1) is 19.7. The normalized spacial score (nSPS) is 15.2. The zero-order chi connectivity index (χ0) is 13.8. The molecule has 5 heteroatoms. The van der Waals surface area contributed by atoms with Crippen LogP contribution in [-0.2, 0) is 4.74 Å². The lowest BCUT2D eigenvalue weighted by molar-refractivity contribution is 0.123. The first-order valence-corrected chi connectivity index (χ1v) is 7.58. The van der Waals surface area contributed by atoms with Crippen LogP contribution in [0.15, 0.2) is 17.1 Å². The molecule has 0 aliphatic heterocycles. The number of guanidine groups is 1. The maximum atomic E-state index is 5.59. The Balaban J connectivity index is 0.00000361. The zero-order valence-electron chi connectivity index (χ0n) is 12.9.